The molecule has 1 atom stereocenters. The van der Waals surface area contributed by atoms with Gasteiger partial charge in [0.1, 0.15) is 5.75 Å². The maximum atomic E-state index is 12.9. The molecule has 1 saturated heterocycles. The minimum atomic E-state index is -0.189. The van der Waals surface area contributed by atoms with Crippen molar-refractivity contribution in [3.63, 3.8) is 0 Å². The molecule has 0 aliphatic carbocycles. The Balaban J connectivity index is 1.36. The fourth-order valence-electron chi connectivity index (χ4n) is 3.45. The molecule has 7 heteroatoms. The Kier molecular flexibility index (Phi) is 5.43. The summed E-state index contributed by atoms with van der Waals surface area (Å²) >= 11 is 1.47. The highest BCUT2D eigenvalue weighted by molar-refractivity contribution is 8.00. The number of ether oxygens (including phenoxy) is 1. The normalized spacial score (nSPS) is 15.6. The molecule has 0 radical (unpaired) electrons. The van der Waals surface area contributed by atoms with Gasteiger partial charge in [0.25, 0.3) is 0 Å². The number of hydrogen-bond donors (Lipinski definition) is 1. The number of nitrogens with zero attached hydrogens (tertiary/aromatic N) is 3. The number of carbonyl (C=O) groups excluding carboxylic acids is 1. The number of fused-ring (bicyclic) bond motifs is 1. The van der Waals surface area contributed by atoms with E-state index < -0.39 is 0 Å². The van der Waals surface area contributed by atoms with Crippen LogP contribution in [0.15, 0.2) is 53.7 Å². The van der Waals surface area contributed by atoms with Gasteiger partial charge in [-0.15, -0.1) is 0 Å². The summed E-state index contributed by atoms with van der Waals surface area (Å²) in [7, 11) is 1.64. The molecule has 3 aromatic rings. The molecule has 146 valence electrons. The highest BCUT2D eigenvalue weighted by Crippen LogP contribution is 2.27. The van der Waals surface area contributed by atoms with Crippen molar-refractivity contribution in [1.82, 2.24) is 14.9 Å². The lowest BCUT2D eigenvalue weighted by Crippen LogP contribution is -2.50. The summed E-state index contributed by atoms with van der Waals surface area (Å²) in [6, 6.07) is 16.1. The Morgan fingerprint density at radius 2 is 1.89 bits per heavy atom. The van der Waals surface area contributed by atoms with Crippen LogP contribution in [0, 0.1) is 0 Å². The fourth-order valence-corrected chi connectivity index (χ4v) is 4.35. The molecule has 1 amide bonds. The number of amides is 1. The van der Waals surface area contributed by atoms with Gasteiger partial charge in [-0.3, -0.25) is 4.79 Å². The van der Waals surface area contributed by atoms with Crippen LogP contribution in [0.3, 0.4) is 0 Å². The lowest BCUT2D eigenvalue weighted by atomic mass is 10.2. The molecule has 1 aromatic heterocycles. The number of hydrogen-bond acceptors (Lipinski definition) is 5. The van der Waals surface area contributed by atoms with Crippen molar-refractivity contribution in [2.24, 2.45) is 0 Å². The largest absolute Gasteiger partial charge is 0.497 e. The molecule has 28 heavy (non-hydrogen) atoms. The number of aromatic amines is 1. The van der Waals surface area contributed by atoms with Crippen molar-refractivity contribution in [1.29, 1.82) is 0 Å². The summed E-state index contributed by atoms with van der Waals surface area (Å²) in [5.74, 6) is 0.948. The average Bonchev–Trinajstić information content (AvgIpc) is 3.15. The van der Waals surface area contributed by atoms with Crippen LogP contribution in [-0.4, -0.2) is 59.3 Å². The second-order valence-electron chi connectivity index (χ2n) is 6.83. The van der Waals surface area contributed by atoms with Crippen molar-refractivity contribution in [2.75, 3.05) is 38.2 Å². The number of nitrogens with one attached hydrogen (secondary N) is 1. The number of thioether (sulfide) groups is 1. The number of benzene rings is 2. The van der Waals surface area contributed by atoms with Crippen LogP contribution in [0.25, 0.3) is 11.0 Å². The first-order valence-electron chi connectivity index (χ1n) is 9.43. The Labute approximate surface area is 168 Å². The quantitative estimate of drug-likeness (QED) is 0.670. The van der Waals surface area contributed by atoms with Crippen LogP contribution in [0.1, 0.15) is 6.92 Å². The van der Waals surface area contributed by atoms with Crippen molar-refractivity contribution in [3.8, 4) is 5.75 Å². The summed E-state index contributed by atoms with van der Waals surface area (Å²) in [6.07, 6.45) is 0. The van der Waals surface area contributed by atoms with Crippen LogP contribution in [0.4, 0.5) is 5.69 Å². The van der Waals surface area contributed by atoms with E-state index in [9.17, 15) is 4.79 Å². The third-order valence-electron chi connectivity index (χ3n) is 5.02. The van der Waals surface area contributed by atoms with Gasteiger partial charge in [-0.1, -0.05) is 30.0 Å². The number of H-pyrrole nitrogens is 1. The first-order chi connectivity index (χ1) is 13.6. The van der Waals surface area contributed by atoms with Gasteiger partial charge in [-0.2, -0.15) is 0 Å². The predicted octanol–water partition coefficient (Wildman–Crippen LogP) is 3.40. The summed E-state index contributed by atoms with van der Waals surface area (Å²) in [6.45, 7) is 5.16. The van der Waals surface area contributed by atoms with Crippen LogP contribution in [-0.2, 0) is 4.79 Å². The summed E-state index contributed by atoms with van der Waals surface area (Å²) in [5.41, 5.74) is 3.01. The second kappa shape index (κ2) is 8.14. The van der Waals surface area contributed by atoms with E-state index in [0.29, 0.717) is 0 Å². The molecule has 1 aliphatic rings. The van der Waals surface area contributed by atoms with E-state index in [1.165, 1.54) is 17.4 Å². The third-order valence-corrected chi connectivity index (χ3v) is 5.99. The number of methoxy groups -OCH3 is 1. The molecular weight excluding hydrogens is 372 g/mol. The Morgan fingerprint density at radius 3 is 2.61 bits per heavy atom. The molecular formula is C21H24N4O2S. The van der Waals surface area contributed by atoms with Gasteiger partial charge in [-0.25, -0.2) is 4.98 Å². The molecule has 0 saturated carbocycles. The van der Waals surface area contributed by atoms with Crippen LogP contribution < -0.4 is 9.64 Å². The van der Waals surface area contributed by atoms with E-state index >= 15 is 0 Å². The van der Waals surface area contributed by atoms with Gasteiger partial charge in [0.05, 0.1) is 23.4 Å². The number of carbonyl (C=O) groups is 1. The van der Waals surface area contributed by atoms with Gasteiger partial charge < -0.3 is 19.5 Å². The number of piperazine rings is 1. The minimum absolute atomic E-state index is 0.163. The number of anilines is 1. The van der Waals surface area contributed by atoms with Gasteiger partial charge in [-0.05, 0) is 31.2 Å². The Morgan fingerprint density at radius 1 is 1.14 bits per heavy atom. The first-order valence-corrected chi connectivity index (χ1v) is 10.3. The highest BCUT2D eigenvalue weighted by Gasteiger charge is 2.26. The molecule has 0 bridgehead atoms. The topological polar surface area (TPSA) is 61.5 Å². The van der Waals surface area contributed by atoms with Crippen LogP contribution in [0.2, 0.25) is 0 Å². The van der Waals surface area contributed by atoms with E-state index in [1.54, 1.807) is 7.11 Å². The molecule has 1 fully saturated rings. The zero-order valence-corrected chi connectivity index (χ0v) is 16.9. The molecule has 4 rings (SSSR count). The fraction of sp³-hybridized carbons (Fsp3) is 0.333. The van der Waals surface area contributed by atoms with E-state index in [2.05, 4.69) is 39.1 Å². The first kappa shape index (κ1) is 18.7. The van der Waals surface area contributed by atoms with Gasteiger partial charge in [0.2, 0.25) is 5.91 Å². The minimum Gasteiger partial charge on any atom is -0.497 e. The van der Waals surface area contributed by atoms with E-state index in [4.69, 9.17) is 4.74 Å². The van der Waals surface area contributed by atoms with E-state index in [-0.39, 0.29) is 11.2 Å². The standard InChI is InChI=1S/C21H24N4O2S/c1-15(28-21-22-18-9-8-17(27-2)14-19(18)23-21)20(26)25-12-10-24(11-13-25)16-6-4-3-5-7-16/h3-9,14-15H,10-13H2,1-2H3,(H,22,23)/t15-/m1/s1. The zero-order valence-electron chi connectivity index (χ0n) is 16.1. The van der Waals surface area contributed by atoms with Gasteiger partial charge in [0, 0.05) is 37.9 Å². The number of imidazole rings is 1. The molecule has 1 N–H and O–H groups in total. The lowest BCUT2D eigenvalue weighted by molar-refractivity contribution is -0.130. The van der Waals surface area contributed by atoms with Crippen molar-refractivity contribution in [2.45, 2.75) is 17.3 Å². The van der Waals surface area contributed by atoms with Crippen molar-refractivity contribution in [3.05, 3.63) is 48.5 Å². The summed E-state index contributed by atoms with van der Waals surface area (Å²) in [5, 5.41) is 0.567. The Hall–Kier alpha value is -2.67. The SMILES string of the molecule is COc1ccc2nc(S[C@H](C)C(=O)N3CCN(c4ccccc4)CC3)[nH]c2c1. The van der Waals surface area contributed by atoms with E-state index in [1.807, 2.05) is 36.1 Å². The highest BCUT2D eigenvalue weighted by atomic mass is 32.2. The second-order valence-corrected chi connectivity index (χ2v) is 8.16. The smallest absolute Gasteiger partial charge is 0.236 e. The summed E-state index contributed by atoms with van der Waals surface area (Å²) < 4.78 is 5.25. The van der Waals surface area contributed by atoms with Gasteiger partial charge >= 0.3 is 0 Å². The molecule has 2 aromatic carbocycles. The van der Waals surface area contributed by atoms with E-state index in [0.717, 1.165) is 48.1 Å². The number of para-hydroxylation sites is 1. The molecule has 2 heterocycles. The van der Waals surface area contributed by atoms with Gasteiger partial charge in [0.15, 0.2) is 5.16 Å². The molecule has 1 aliphatic heterocycles. The zero-order chi connectivity index (χ0) is 19.5. The lowest BCUT2D eigenvalue weighted by Gasteiger charge is -2.37. The maximum Gasteiger partial charge on any atom is 0.236 e. The van der Waals surface area contributed by atoms with Crippen molar-refractivity contribution >= 4 is 34.4 Å². The average molecular weight is 397 g/mol. The number of aromatic nitrogens is 2. The monoisotopic (exact) mass is 396 g/mol. The predicted molar refractivity (Wildman–Crippen MR) is 113 cm³/mol. The Bertz CT molecular complexity index is 951. The van der Waals surface area contributed by atoms with Crippen LogP contribution >= 0.6 is 11.8 Å². The summed E-state index contributed by atoms with van der Waals surface area (Å²) in [4.78, 5) is 25.0. The third kappa shape index (κ3) is 3.94. The maximum absolute atomic E-state index is 12.9. The molecule has 0 unspecified atom stereocenters. The number of rotatable bonds is 5. The van der Waals surface area contributed by atoms with Crippen LogP contribution in [0.5, 0.6) is 5.75 Å². The van der Waals surface area contributed by atoms with Crippen molar-refractivity contribution < 1.29 is 9.53 Å². The molecule has 0 spiro atoms. The molecule has 6 nitrogen and oxygen atoms in total.